The first kappa shape index (κ1) is 7.17. The second kappa shape index (κ2) is 6.17. The third-order valence-corrected chi connectivity index (χ3v) is 0.841. The predicted molar refractivity (Wildman–Crippen MR) is 39.4 cm³/mol. The van der Waals surface area contributed by atoms with E-state index in [4.69, 9.17) is 5.11 Å². The van der Waals surface area contributed by atoms with Crippen LogP contribution in [0, 0.1) is 0 Å². The summed E-state index contributed by atoms with van der Waals surface area (Å²) in [6.07, 6.45) is 5.33. The van der Waals surface area contributed by atoms with Gasteiger partial charge in [0.2, 0.25) is 0 Å². The molecule has 0 rings (SSSR count). The zero-order valence-electron chi connectivity index (χ0n) is 3.84. The van der Waals surface area contributed by atoms with E-state index < -0.39 is 0 Å². The molecule has 0 saturated heterocycles. The molecular weight excluding hydrogens is 203 g/mol. The van der Waals surface area contributed by atoms with Gasteiger partial charge in [0.1, 0.15) is 0 Å². The summed E-state index contributed by atoms with van der Waals surface area (Å²) in [7, 11) is 0. The van der Waals surface area contributed by atoms with Crippen LogP contribution in [-0.2, 0) is 0 Å². The molecule has 0 unspecified atom stereocenters. The van der Waals surface area contributed by atoms with Crippen molar-refractivity contribution in [1.29, 1.82) is 0 Å². The van der Waals surface area contributed by atoms with Crippen LogP contribution in [0.15, 0.2) is 22.3 Å². The van der Waals surface area contributed by atoms with Gasteiger partial charge in [-0.15, -0.1) is 0 Å². The molecule has 1 nitrogen and oxygen atoms in total. The average molecular weight is 210 g/mol. The minimum Gasteiger partial charge on any atom is -0.392 e. The number of aliphatic hydroxyl groups excluding tert-OH is 1. The van der Waals surface area contributed by atoms with Crippen molar-refractivity contribution in [1.82, 2.24) is 0 Å². The lowest BCUT2D eigenvalue weighted by Crippen LogP contribution is -1.66. The summed E-state index contributed by atoms with van der Waals surface area (Å²) in [5, 5.41) is 8.17. The van der Waals surface area contributed by atoms with Crippen LogP contribution in [-0.4, -0.2) is 11.7 Å². The zero-order valence-corrected chi connectivity index (χ0v) is 6.00. The minimum absolute atomic E-state index is 0.126. The fourth-order valence-corrected chi connectivity index (χ4v) is 0.421. The van der Waals surface area contributed by atoms with Gasteiger partial charge in [0, 0.05) is 0 Å². The molecule has 0 aliphatic rings. The fourth-order valence-electron chi connectivity index (χ4n) is 0.181. The molecule has 0 heterocycles. The van der Waals surface area contributed by atoms with Gasteiger partial charge in [0.15, 0.2) is 0 Å². The highest BCUT2D eigenvalue weighted by molar-refractivity contribution is 14.1. The van der Waals surface area contributed by atoms with Gasteiger partial charge >= 0.3 is 0 Å². The molecule has 0 bridgehead atoms. The molecule has 0 amide bonds. The molecule has 0 radical (unpaired) electrons. The summed E-state index contributed by atoms with van der Waals surface area (Å²) < 4.78 is 1.88. The van der Waals surface area contributed by atoms with Crippen LogP contribution in [0.4, 0.5) is 0 Å². The summed E-state index contributed by atoms with van der Waals surface area (Å²) >= 11 is 2.11. The lowest BCUT2D eigenvalue weighted by molar-refractivity contribution is 0.343. The van der Waals surface area contributed by atoms with Gasteiger partial charge in [-0.2, -0.15) is 0 Å². The van der Waals surface area contributed by atoms with Gasteiger partial charge in [-0.25, -0.2) is 0 Å². The molecule has 0 atom stereocenters. The molecule has 0 aromatic rings. The van der Waals surface area contributed by atoms with Crippen LogP contribution in [0.25, 0.3) is 0 Å². The minimum atomic E-state index is 0.126. The van der Waals surface area contributed by atoms with Crippen molar-refractivity contribution in [2.75, 3.05) is 6.61 Å². The van der Waals surface area contributed by atoms with E-state index in [0.717, 1.165) is 0 Å². The average Bonchev–Trinajstić information content (AvgIpc) is 1.69. The Hall–Kier alpha value is 0.170. The number of hydrogen-bond acceptors (Lipinski definition) is 1. The molecule has 0 fully saturated rings. The Labute approximate surface area is 56.9 Å². The Balaban J connectivity index is 3.09. The number of hydrogen-bond donors (Lipinski definition) is 1. The summed E-state index contributed by atoms with van der Waals surface area (Å²) in [5.74, 6) is 0. The first-order valence-corrected chi connectivity index (χ1v) is 3.19. The van der Waals surface area contributed by atoms with Crippen molar-refractivity contribution >= 4 is 22.6 Å². The van der Waals surface area contributed by atoms with Gasteiger partial charge in [0.05, 0.1) is 6.61 Å². The Kier molecular flexibility index (Phi) is 6.32. The van der Waals surface area contributed by atoms with Crippen LogP contribution in [0.1, 0.15) is 0 Å². The standard InChI is InChI=1S/C5H7IO/c6-4-2-1-3-5-7/h1-4,7H,5H2/b3-1+,4-2-. The fraction of sp³-hybridized carbons (Fsp3) is 0.200. The van der Waals surface area contributed by atoms with Gasteiger partial charge in [-0.1, -0.05) is 40.8 Å². The van der Waals surface area contributed by atoms with E-state index in [1.54, 1.807) is 12.2 Å². The summed E-state index contributed by atoms with van der Waals surface area (Å²) in [6, 6.07) is 0. The highest BCUT2D eigenvalue weighted by Crippen LogP contribution is 1.83. The van der Waals surface area contributed by atoms with Gasteiger partial charge in [-0.05, 0) is 4.08 Å². The number of aliphatic hydroxyl groups is 1. The van der Waals surface area contributed by atoms with E-state index in [1.807, 2.05) is 10.2 Å². The molecule has 2 heteroatoms. The predicted octanol–water partition coefficient (Wildman–Crippen LogP) is 1.48. The summed E-state index contributed by atoms with van der Waals surface area (Å²) in [5.41, 5.74) is 0. The van der Waals surface area contributed by atoms with E-state index in [2.05, 4.69) is 22.6 Å². The van der Waals surface area contributed by atoms with Crippen LogP contribution in [0.2, 0.25) is 0 Å². The molecule has 0 saturated carbocycles. The topological polar surface area (TPSA) is 20.2 Å². The van der Waals surface area contributed by atoms with Crippen molar-refractivity contribution in [3.63, 3.8) is 0 Å². The summed E-state index contributed by atoms with van der Waals surface area (Å²) in [6.45, 7) is 0.126. The largest absolute Gasteiger partial charge is 0.392 e. The zero-order chi connectivity index (χ0) is 5.54. The van der Waals surface area contributed by atoms with Crippen molar-refractivity contribution in [3.05, 3.63) is 22.3 Å². The molecule has 40 valence electrons. The maximum atomic E-state index is 8.17. The first-order valence-electron chi connectivity index (χ1n) is 1.94. The number of allylic oxidation sites excluding steroid dienone is 2. The SMILES string of the molecule is OC/C=C/C=C\I. The molecular formula is C5H7IO. The van der Waals surface area contributed by atoms with E-state index in [9.17, 15) is 0 Å². The van der Waals surface area contributed by atoms with Gasteiger partial charge in [0.25, 0.3) is 0 Å². The van der Waals surface area contributed by atoms with Crippen molar-refractivity contribution in [3.8, 4) is 0 Å². The quantitative estimate of drug-likeness (QED) is 0.540. The Bertz CT molecular complexity index is 76.1. The Morgan fingerprint density at radius 3 is 2.57 bits per heavy atom. The summed E-state index contributed by atoms with van der Waals surface area (Å²) in [4.78, 5) is 0. The smallest absolute Gasteiger partial charge is 0.0615 e. The van der Waals surface area contributed by atoms with Crippen LogP contribution < -0.4 is 0 Å². The molecule has 0 aromatic carbocycles. The van der Waals surface area contributed by atoms with Gasteiger partial charge < -0.3 is 5.11 Å². The lowest BCUT2D eigenvalue weighted by atomic mass is 10.5. The Morgan fingerprint density at radius 1 is 1.43 bits per heavy atom. The third kappa shape index (κ3) is 6.17. The Morgan fingerprint density at radius 2 is 2.14 bits per heavy atom. The molecule has 0 aliphatic carbocycles. The molecule has 0 aromatic heterocycles. The van der Waals surface area contributed by atoms with Crippen LogP contribution in [0.3, 0.4) is 0 Å². The monoisotopic (exact) mass is 210 g/mol. The van der Waals surface area contributed by atoms with Crippen molar-refractivity contribution < 1.29 is 5.11 Å². The third-order valence-electron chi connectivity index (χ3n) is 0.425. The van der Waals surface area contributed by atoms with Crippen LogP contribution in [0.5, 0.6) is 0 Å². The molecule has 0 aliphatic heterocycles. The first-order chi connectivity index (χ1) is 3.41. The second-order valence-electron chi connectivity index (χ2n) is 0.929. The van der Waals surface area contributed by atoms with E-state index in [1.165, 1.54) is 0 Å². The van der Waals surface area contributed by atoms with E-state index >= 15 is 0 Å². The molecule has 1 N–H and O–H groups in total. The normalized spacial score (nSPS) is 11.7. The van der Waals surface area contributed by atoms with E-state index in [0.29, 0.717) is 0 Å². The molecule has 0 spiro atoms. The highest BCUT2D eigenvalue weighted by atomic mass is 127. The van der Waals surface area contributed by atoms with E-state index in [-0.39, 0.29) is 6.61 Å². The van der Waals surface area contributed by atoms with Crippen molar-refractivity contribution in [2.24, 2.45) is 0 Å². The van der Waals surface area contributed by atoms with Crippen molar-refractivity contribution in [2.45, 2.75) is 0 Å². The number of halogens is 1. The second-order valence-corrected chi connectivity index (χ2v) is 1.65. The number of rotatable bonds is 2. The van der Waals surface area contributed by atoms with Gasteiger partial charge in [-0.3, -0.25) is 0 Å². The maximum Gasteiger partial charge on any atom is 0.0615 e. The molecule has 7 heavy (non-hydrogen) atoms. The lowest BCUT2D eigenvalue weighted by Gasteiger charge is -1.70. The highest BCUT2D eigenvalue weighted by Gasteiger charge is 1.59. The van der Waals surface area contributed by atoms with Crippen LogP contribution >= 0.6 is 22.6 Å². The maximum absolute atomic E-state index is 8.17.